The SMILES string of the molecule is CC(C)n1cccc1C(=O)N1CCCCC1(C)C(=O)O. The summed E-state index contributed by atoms with van der Waals surface area (Å²) in [6.07, 6.45) is 4.07. The van der Waals surface area contributed by atoms with E-state index in [0.29, 0.717) is 18.7 Å². The Bertz CT molecular complexity index is 521. The lowest BCUT2D eigenvalue weighted by molar-refractivity contribution is -0.150. The maximum atomic E-state index is 12.7. The first kappa shape index (κ1) is 14.6. The minimum Gasteiger partial charge on any atom is -0.480 e. The molecule has 20 heavy (non-hydrogen) atoms. The van der Waals surface area contributed by atoms with Crippen LogP contribution >= 0.6 is 0 Å². The van der Waals surface area contributed by atoms with Crippen LogP contribution in [0.1, 0.15) is 56.6 Å². The summed E-state index contributed by atoms with van der Waals surface area (Å²) in [5.74, 6) is -1.11. The number of nitrogens with zero attached hydrogens (tertiary/aromatic N) is 2. The van der Waals surface area contributed by atoms with Crippen LogP contribution in [0.2, 0.25) is 0 Å². The smallest absolute Gasteiger partial charge is 0.329 e. The van der Waals surface area contributed by atoms with E-state index in [4.69, 9.17) is 0 Å². The maximum Gasteiger partial charge on any atom is 0.329 e. The second-order valence-corrected chi connectivity index (χ2v) is 5.89. The Morgan fingerprint density at radius 1 is 1.35 bits per heavy atom. The average molecular weight is 278 g/mol. The third-order valence-corrected chi connectivity index (χ3v) is 4.15. The number of hydrogen-bond donors (Lipinski definition) is 1. The summed E-state index contributed by atoms with van der Waals surface area (Å²) in [5, 5.41) is 9.49. The number of rotatable bonds is 3. The van der Waals surface area contributed by atoms with Crippen LogP contribution in [0.15, 0.2) is 18.3 Å². The number of amides is 1. The van der Waals surface area contributed by atoms with Gasteiger partial charge in [0.2, 0.25) is 0 Å². The van der Waals surface area contributed by atoms with Gasteiger partial charge in [-0.1, -0.05) is 0 Å². The van der Waals surface area contributed by atoms with E-state index in [-0.39, 0.29) is 11.9 Å². The van der Waals surface area contributed by atoms with Crippen LogP contribution in [0.25, 0.3) is 0 Å². The van der Waals surface area contributed by atoms with E-state index in [1.807, 2.05) is 30.7 Å². The molecule has 0 radical (unpaired) electrons. The third-order valence-electron chi connectivity index (χ3n) is 4.15. The van der Waals surface area contributed by atoms with Crippen molar-refractivity contribution in [3.8, 4) is 0 Å². The molecular formula is C15H22N2O3. The van der Waals surface area contributed by atoms with E-state index in [9.17, 15) is 14.7 Å². The number of carboxylic acid groups (broad SMARTS) is 1. The van der Waals surface area contributed by atoms with Gasteiger partial charge in [-0.05, 0) is 52.2 Å². The molecule has 5 heteroatoms. The van der Waals surface area contributed by atoms with Crippen LogP contribution in [0.3, 0.4) is 0 Å². The molecule has 1 unspecified atom stereocenters. The van der Waals surface area contributed by atoms with Gasteiger partial charge in [-0.2, -0.15) is 0 Å². The zero-order chi connectivity index (χ0) is 14.9. The monoisotopic (exact) mass is 278 g/mol. The third kappa shape index (κ3) is 2.32. The molecule has 1 saturated heterocycles. The van der Waals surface area contributed by atoms with Crippen molar-refractivity contribution in [3.05, 3.63) is 24.0 Å². The molecule has 1 aromatic rings. The molecule has 1 N–H and O–H groups in total. The van der Waals surface area contributed by atoms with Gasteiger partial charge in [0.25, 0.3) is 5.91 Å². The number of aliphatic carboxylic acids is 1. The molecule has 5 nitrogen and oxygen atoms in total. The lowest BCUT2D eigenvalue weighted by Gasteiger charge is -2.41. The Morgan fingerprint density at radius 3 is 2.65 bits per heavy atom. The van der Waals surface area contributed by atoms with Gasteiger partial charge in [-0.15, -0.1) is 0 Å². The van der Waals surface area contributed by atoms with E-state index in [1.54, 1.807) is 13.0 Å². The van der Waals surface area contributed by atoms with Crippen molar-refractivity contribution in [3.63, 3.8) is 0 Å². The standard InChI is InChI=1S/C15H22N2O3/c1-11(2)16-9-6-7-12(16)13(18)17-10-5-4-8-15(17,3)14(19)20/h6-7,9,11H,4-5,8,10H2,1-3H3,(H,19,20). The number of hydrogen-bond acceptors (Lipinski definition) is 2. The minimum atomic E-state index is -1.10. The van der Waals surface area contributed by atoms with Crippen molar-refractivity contribution in [2.24, 2.45) is 0 Å². The number of carboxylic acids is 1. The summed E-state index contributed by atoms with van der Waals surface area (Å²) in [7, 11) is 0. The summed E-state index contributed by atoms with van der Waals surface area (Å²) in [4.78, 5) is 25.8. The van der Waals surface area contributed by atoms with Gasteiger partial charge in [0.15, 0.2) is 0 Å². The Labute approximate surface area is 119 Å². The summed E-state index contributed by atoms with van der Waals surface area (Å²) < 4.78 is 1.89. The van der Waals surface area contributed by atoms with Crippen molar-refractivity contribution in [1.29, 1.82) is 0 Å². The van der Waals surface area contributed by atoms with Gasteiger partial charge in [0.1, 0.15) is 11.2 Å². The topological polar surface area (TPSA) is 62.5 Å². The number of piperidine rings is 1. The molecule has 0 spiro atoms. The molecule has 110 valence electrons. The second-order valence-electron chi connectivity index (χ2n) is 5.89. The highest BCUT2D eigenvalue weighted by atomic mass is 16.4. The van der Waals surface area contributed by atoms with Crippen molar-refractivity contribution >= 4 is 11.9 Å². The molecule has 0 saturated carbocycles. The number of likely N-dealkylation sites (tertiary alicyclic amines) is 1. The largest absolute Gasteiger partial charge is 0.480 e. The normalized spacial score (nSPS) is 23.1. The molecule has 1 aromatic heterocycles. The number of carbonyl (C=O) groups excluding carboxylic acids is 1. The van der Waals surface area contributed by atoms with Crippen LogP contribution in [-0.2, 0) is 4.79 Å². The zero-order valence-electron chi connectivity index (χ0n) is 12.3. The van der Waals surface area contributed by atoms with Gasteiger partial charge in [-0.3, -0.25) is 4.79 Å². The van der Waals surface area contributed by atoms with Gasteiger partial charge < -0.3 is 14.6 Å². The molecule has 0 bridgehead atoms. The first-order valence-corrected chi connectivity index (χ1v) is 7.10. The van der Waals surface area contributed by atoms with Crippen LogP contribution in [0.5, 0.6) is 0 Å². The van der Waals surface area contributed by atoms with Gasteiger partial charge in [-0.25, -0.2) is 4.79 Å². The Balaban J connectivity index is 2.35. The molecule has 1 atom stereocenters. The van der Waals surface area contributed by atoms with Crippen molar-refractivity contribution in [2.75, 3.05) is 6.54 Å². The van der Waals surface area contributed by atoms with Crippen LogP contribution < -0.4 is 0 Å². The molecule has 1 amide bonds. The van der Waals surface area contributed by atoms with E-state index < -0.39 is 11.5 Å². The molecule has 2 rings (SSSR count). The minimum absolute atomic E-state index is 0.171. The fourth-order valence-electron chi connectivity index (χ4n) is 2.83. The highest BCUT2D eigenvalue weighted by Crippen LogP contribution is 2.30. The first-order valence-electron chi connectivity index (χ1n) is 7.10. The number of carbonyl (C=O) groups is 2. The molecule has 1 aliphatic heterocycles. The van der Waals surface area contributed by atoms with Crippen LogP contribution in [0, 0.1) is 0 Å². The fourth-order valence-corrected chi connectivity index (χ4v) is 2.83. The summed E-state index contributed by atoms with van der Waals surface area (Å²) >= 11 is 0. The summed E-state index contributed by atoms with van der Waals surface area (Å²) in [5.41, 5.74) is -0.532. The second kappa shape index (κ2) is 5.31. The summed E-state index contributed by atoms with van der Waals surface area (Å²) in [6.45, 7) is 6.16. The van der Waals surface area contributed by atoms with E-state index in [1.165, 1.54) is 4.90 Å². The molecule has 0 aliphatic carbocycles. The van der Waals surface area contributed by atoms with E-state index in [2.05, 4.69) is 0 Å². The van der Waals surface area contributed by atoms with Crippen molar-refractivity contribution in [2.45, 2.75) is 51.6 Å². The highest BCUT2D eigenvalue weighted by molar-refractivity contribution is 5.96. The number of aromatic nitrogens is 1. The molecule has 0 aromatic carbocycles. The average Bonchev–Trinajstić information content (AvgIpc) is 2.87. The first-order chi connectivity index (χ1) is 9.38. The molecule has 1 aliphatic rings. The van der Waals surface area contributed by atoms with Crippen molar-refractivity contribution in [1.82, 2.24) is 9.47 Å². The lowest BCUT2D eigenvalue weighted by atomic mass is 9.88. The van der Waals surface area contributed by atoms with E-state index >= 15 is 0 Å². The molecule has 2 heterocycles. The van der Waals surface area contributed by atoms with E-state index in [0.717, 1.165) is 12.8 Å². The Hall–Kier alpha value is -1.78. The van der Waals surface area contributed by atoms with Crippen LogP contribution in [-0.4, -0.2) is 38.5 Å². The highest BCUT2D eigenvalue weighted by Gasteiger charge is 2.44. The van der Waals surface area contributed by atoms with Gasteiger partial charge >= 0.3 is 5.97 Å². The Morgan fingerprint density at radius 2 is 2.05 bits per heavy atom. The zero-order valence-corrected chi connectivity index (χ0v) is 12.3. The lowest BCUT2D eigenvalue weighted by Crippen LogP contribution is -2.57. The quantitative estimate of drug-likeness (QED) is 0.924. The van der Waals surface area contributed by atoms with Crippen molar-refractivity contribution < 1.29 is 14.7 Å². The summed E-state index contributed by atoms with van der Waals surface area (Å²) in [6, 6.07) is 3.76. The maximum absolute atomic E-state index is 12.7. The molecular weight excluding hydrogens is 256 g/mol. The predicted octanol–water partition coefficient (Wildman–Crippen LogP) is 2.54. The predicted molar refractivity (Wildman–Crippen MR) is 75.7 cm³/mol. The Kier molecular flexibility index (Phi) is 3.88. The fraction of sp³-hybridized carbons (Fsp3) is 0.600. The van der Waals surface area contributed by atoms with Crippen LogP contribution in [0.4, 0.5) is 0 Å². The van der Waals surface area contributed by atoms with Gasteiger partial charge in [0.05, 0.1) is 0 Å². The molecule has 1 fully saturated rings. The van der Waals surface area contributed by atoms with Gasteiger partial charge in [0, 0.05) is 18.8 Å².